The van der Waals surface area contributed by atoms with Gasteiger partial charge in [-0.3, -0.25) is 4.79 Å². The van der Waals surface area contributed by atoms with Crippen molar-refractivity contribution >= 4 is 5.78 Å². The molecule has 0 aromatic rings. The molecule has 0 aromatic heterocycles. The lowest BCUT2D eigenvalue weighted by Crippen LogP contribution is -2.58. The molecule has 3 heteroatoms. The zero-order valence-electron chi connectivity index (χ0n) is 10.6. The molecule has 0 N–H and O–H groups in total. The summed E-state index contributed by atoms with van der Waals surface area (Å²) in [4.78, 5) is 17.0. The summed E-state index contributed by atoms with van der Waals surface area (Å²) in [7, 11) is 0. The number of hydrogen-bond acceptors (Lipinski definition) is 3. The van der Waals surface area contributed by atoms with E-state index in [2.05, 4.69) is 23.6 Å². The molecule has 2 bridgehead atoms. The fourth-order valence-corrected chi connectivity index (χ4v) is 3.20. The van der Waals surface area contributed by atoms with Crippen molar-refractivity contribution in [3.63, 3.8) is 0 Å². The minimum atomic E-state index is 0.297. The number of likely N-dealkylation sites (tertiary alicyclic amines) is 2. The number of Topliss-reactive ketones (excluding diaryl/α,β-unsaturated/α-hetero) is 1. The Labute approximate surface area is 98.8 Å². The highest BCUT2D eigenvalue weighted by Gasteiger charge is 2.40. The fraction of sp³-hybridized carbons (Fsp3) is 0.923. The first-order valence-corrected chi connectivity index (χ1v) is 6.73. The molecule has 92 valence electrons. The topological polar surface area (TPSA) is 23.6 Å². The van der Waals surface area contributed by atoms with Gasteiger partial charge in [0.1, 0.15) is 5.78 Å². The highest BCUT2D eigenvalue weighted by molar-refractivity contribution is 5.85. The van der Waals surface area contributed by atoms with E-state index in [0.717, 1.165) is 39.3 Å². The van der Waals surface area contributed by atoms with E-state index in [0.29, 0.717) is 17.6 Å². The Bertz CT molecular complexity index is 218. The van der Waals surface area contributed by atoms with E-state index in [9.17, 15) is 4.79 Å². The van der Waals surface area contributed by atoms with E-state index in [4.69, 9.17) is 0 Å². The van der Waals surface area contributed by atoms with Crippen molar-refractivity contribution in [2.75, 3.05) is 39.3 Å². The number of hydrogen-bond donors (Lipinski definition) is 0. The lowest BCUT2D eigenvalue weighted by molar-refractivity contribution is -0.137. The molecule has 2 rings (SSSR count). The van der Waals surface area contributed by atoms with Gasteiger partial charge in [0.15, 0.2) is 0 Å². The van der Waals surface area contributed by atoms with Crippen molar-refractivity contribution in [1.82, 2.24) is 9.80 Å². The van der Waals surface area contributed by atoms with E-state index >= 15 is 0 Å². The summed E-state index contributed by atoms with van der Waals surface area (Å²) in [5, 5.41) is 0. The molecule has 2 aliphatic rings. The molecular formula is C13H24N2O. The number of carbonyl (C=O) groups excluding carboxylic acids is 1. The van der Waals surface area contributed by atoms with Crippen LogP contribution in [0.2, 0.25) is 0 Å². The molecule has 16 heavy (non-hydrogen) atoms. The van der Waals surface area contributed by atoms with E-state index < -0.39 is 0 Å². The molecule has 0 unspecified atom stereocenters. The van der Waals surface area contributed by atoms with Gasteiger partial charge < -0.3 is 9.80 Å². The lowest BCUT2D eigenvalue weighted by Gasteiger charge is -2.44. The van der Waals surface area contributed by atoms with Crippen LogP contribution in [0.3, 0.4) is 0 Å². The van der Waals surface area contributed by atoms with Crippen molar-refractivity contribution in [2.24, 2.45) is 11.8 Å². The molecule has 0 atom stereocenters. The van der Waals surface area contributed by atoms with Crippen molar-refractivity contribution in [3.8, 4) is 0 Å². The average molecular weight is 224 g/mol. The van der Waals surface area contributed by atoms with Crippen LogP contribution in [0.4, 0.5) is 0 Å². The monoisotopic (exact) mass is 224 g/mol. The van der Waals surface area contributed by atoms with Crippen LogP contribution >= 0.6 is 0 Å². The van der Waals surface area contributed by atoms with E-state index in [1.807, 2.05) is 0 Å². The van der Waals surface area contributed by atoms with E-state index in [1.54, 1.807) is 0 Å². The quantitative estimate of drug-likeness (QED) is 0.718. The Balaban J connectivity index is 1.96. The second-order valence-electron chi connectivity index (χ2n) is 5.32. The summed E-state index contributed by atoms with van der Waals surface area (Å²) in [5.41, 5.74) is 0. The fourth-order valence-electron chi connectivity index (χ4n) is 3.20. The Morgan fingerprint density at radius 2 is 1.31 bits per heavy atom. The number of piperidine rings is 2. The number of ketones is 1. The van der Waals surface area contributed by atoms with Gasteiger partial charge in [-0.05, 0) is 25.9 Å². The number of carbonyl (C=O) groups is 1. The number of rotatable bonds is 4. The summed E-state index contributed by atoms with van der Waals surface area (Å²) < 4.78 is 0. The third kappa shape index (κ3) is 2.46. The van der Waals surface area contributed by atoms with E-state index in [1.165, 1.54) is 12.8 Å². The number of fused-ring (bicyclic) bond motifs is 2. The summed E-state index contributed by atoms with van der Waals surface area (Å²) >= 11 is 0. The molecule has 0 aromatic carbocycles. The first-order chi connectivity index (χ1) is 7.74. The van der Waals surface area contributed by atoms with Crippen LogP contribution in [0.15, 0.2) is 0 Å². The maximum Gasteiger partial charge on any atom is 0.144 e. The van der Waals surface area contributed by atoms with Gasteiger partial charge in [-0.1, -0.05) is 13.8 Å². The number of nitrogens with zero attached hydrogens (tertiary/aromatic N) is 2. The normalized spacial score (nSPS) is 32.0. The first-order valence-electron chi connectivity index (χ1n) is 6.73. The molecular weight excluding hydrogens is 200 g/mol. The lowest BCUT2D eigenvalue weighted by atomic mass is 9.83. The Morgan fingerprint density at radius 3 is 1.62 bits per heavy atom. The van der Waals surface area contributed by atoms with Gasteiger partial charge in [0.2, 0.25) is 0 Å². The smallest absolute Gasteiger partial charge is 0.144 e. The maximum absolute atomic E-state index is 12.1. The Hall–Kier alpha value is -0.410. The minimum Gasteiger partial charge on any atom is -0.302 e. The van der Waals surface area contributed by atoms with Gasteiger partial charge in [-0.15, -0.1) is 0 Å². The Kier molecular flexibility index (Phi) is 3.98. The van der Waals surface area contributed by atoms with Crippen LogP contribution in [0.25, 0.3) is 0 Å². The molecule has 0 amide bonds. The predicted octanol–water partition coefficient (Wildman–Crippen LogP) is 1.24. The summed E-state index contributed by atoms with van der Waals surface area (Å²) in [6.45, 7) is 10.8. The molecule has 0 radical (unpaired) electrons. The van der Waals surface area contributed by atoms with Crippen LogP contribution in [0.5, 0.6) is 0 Å². The first kappa shape index (κ1) is 12.1. The highest BCUT2D eigenvalue weighted by Crippen LogP contribution is 2.25. The highest BCUT2D eigenvalue weighted by atomic mass is 16.1. The van der Waals surface area contributed by atoms with Crippen LogP contribution in [0.1, 0.15) is 26.7 Å². The van der Waals surface area contributed by atoms with E-state index in [-0.39, 0.29) is 0 Å². The average Bonchev–Trinajstić information content (AvgIpc) is 2.22. The molecule has 0 saturated carbocycles. The zero-order chi connectivity index (χ0) is 11.5. The third-order valence-corrected chi connectivity index (χ3v) is 3.80. The largest absolute Gasteiger partial charge is 0.302 e. The molecule has 2 aliphatic heterocycles. The van der Waals surface area contributed by atoms with Crippen LogP contribution in [-0.2, 0) is 4.79 Å². The third-order valence-electron chi connectivity index (χ3n) is 3.80. The Morgan fingerprint density at radius 1 is 0.938 bits per heavy atom. The molecule has 0 spiro atoms. The standard InChI is InChI=1S/C13H24N2O/c1-3-5-14-7-11-9-15(6-4-2)10-12(8-14)13(11)16/h11-12H,3-10H2,1-2H3. The summed E-state index contributed by atoms with van der Waals surface area (Å²) in [6, 6.07) is 0. The van der Waals surface area contributed by atoms with Gasteiger partial charge in [-0.2, -0.15) is 0 Å². The van der Waals surface area contributed by atoms with Crippen LogP contribution < -0.4 is 0 Å². The van der Waals surface area contributed by atoms with Gasteiger partial charge in [0.05, 0.1) is 0 Å². The molecule has 2 saturated heterocycles. The van der Waals surface area contributed by atoms with Crippen molar-refractivity contribution < 1.29 is 4.79 Å². The molecule has 2 heterocycles. The zero-order valence-corrected chi connectivity index (χ0v) is 10.6. The van der Waals surface area contributed by atoms with Gasteiger partial charge >= 0.3 is 0 Å². The minimum absolute atomic E-state index is 0.297. The van der Waals surface area contributed by atoms with Gasteiger partial charge in [-0.25, -0.2) is 0 Å². The molecule has 0 aliphatic carbocycles. The summed E-state index contributed by atoms with van der Waals surface area (Å²) in [5.74, 6) is 1.14. The second kappa shape index (κ2) is 5.28. The second-order valence-corrected chi connectivity index (χ2v) is 5.32. The maximum atomic E-state index is 12.1. The molecule has 3 nitrogen and oxygen atoms in total. The van der Waals surface area contributed by atoms with Crippen LogP contribution in [0, 0.1) is 11.8 Å². The van der Waals surface area contributed by atoms with Crippen LogP contribution in [-0.4, -0.2) is 54.9 Å². The summed E-state index contributed by atoms with van der Waals surface area (Å²) in [6.07, 6.45) is 2.40. The molecule has 2 fully saturated rings. The van der Waals surface area contributed by atoms with Crippen molar-refractivity contribution in [2.45, 2.75) is 26.7 Å². The van der Waals surface area contributed by atoms with Gasteiger partial charge in [0, 0.05) is 38.0 Å². The predicted molar refractivity (Wildman–Crippen MR) is 65.4 cm³/mol. The van der Waals surface area contributed by atoms with Gasteiger partial charge in [0.25, 0.3) is 0 Å². The SMILES string of the molecule is CCCN1CC2CN(CCC)CC(C1)C2=O. The van der Waals surface area contributed by atoms with Crippen molar-refractivity contribution in [1.29, 1.82) is 0 Å². The van der Waals surface area contributed by atoms with Crippen molar-refractivity contribution in [3.05, 3.63) is 0 Å².